The van der Waals surface area contributed by atoms with Gasteiger partial charge in [0.05, 0.1) is 18.5 Å². The second-order valence-corrected chi connectivity index (χ2v) is 5.55. The fourth-order valence-corrected chi connectivity index (χ4v) is 2.77. The third kappa shape index (κ3) is 2.91. The van der Waals surface area contributed by atoms with Crippen molar-refractivity contribution in [3.63, 3.8) is 0 Å². The molecule has 0 spiro atoms. The SMILES string of the molecule is O=C(O)C1CCCC(NCc2nnnn2C2CC2)C1. The van der Waals surface area contributed by atoms with E-state index in [0.717, 1.165) is 37.9 Å². The van der Waals surface area contributed by atoms with Crippen LogP contribution in [-0.2, 0) is 11.3 Å². The maximum Gasteiger partial charge on any atom is 0.306 e. The molecule has 2 aliphatic rings. The molecule has 0 radical (unpaired) electrons. The molecule has 7 nitrogen and oxygen atoms in total. The average molecular weight is 265 g/mol. The van der Waals surface area contributed by atoms with Crippen LogP contribution in [0.25, 0.3) is 0 Å². The molecule has 7 heteroatoms. The van der Waals surface area contributed by atoms with Crippen molar-refractivity contribution in [3.05, 3.63) is 5.82 Å². The largest absolute Gasteiger partial charge is 0.481 e. The molecular formula is C12H19N5O2. The summed E-state index contributed by atoms with van der Waals surface area (Å²) in [6.07, 6.45) is 5.83. The van der Waals surface area contributed by atoms with E-state index in [-0.39, 0.29) is 12.0 Å². The fraction of sp³-hybridized carbons (Fsp3) is 0.833. The van der Waals surface area contributed by atoms with Gasteiger partial charge in [0, 0.05) is 6.04 Å². The molecule has 0 amide bonds. The van der Waals surface area contributed by atoms with E-state index >= 15 is 0 Å². The third-order valence-corrected chi connectivity index (χ3v) is 4.03. The number of aliphatic carboxylic acids is 1. The van der Waals surface area contributed by atoms with Crippen LogP contribution in [0.4, 0.5) is 0 Å². The predicted molar refractivity (Wildman–Crippen MR) is 66.3 cm³/mol. The minimum absolute atomic E-state index is 0.203. The summed E-state index contributed by atoms with van der Waals surface area (Å²) >= 11 is 0. The number of carboxylic acids is 1. The Morgan fingerprint density at radius 3 is 2.95 bits per heavy atom. The first-order valence-electron chi connectivity index (χ1n) is 6.97. The van der Waals surface area contributed by atoms with Gasteiger partial charge < -0.3 is 10.4 Å². The molecule has 19 heavy (non-hydrogen) atoms. The van der Waals surface area contributed by atoms with Crippen LogP contribution in [0.5, 0.6) is 0 Å². The van der Waals surface area contributed by atoms with Crippen LogP contribution in [0.1, 0.15) is 50.4 Å². The van der Waals surface area contributed by atoms with Crippen molar-refractivity contribution in [1.82, 2.24) is 25.5 Å². The van der Waals surface area contributed by atoms with E-state index in [1.165, 1.54) is 0 Å². The molecule has 2 aliphatic carbocycles. The van der Waals surface area contributed by atoms with Gasteiger partial charge in [-0.25, -0.2) is 4.68 Å². The molecule has 2 saturated carbocycles. The lowest BCUT2D eigenvalue weighted by Crippen LogP contribution is -2.36. The van der Waals surface area contributed by atoms with Gasteiger partial charge in [-0.05, 0) is 42.5 Å². The standard InChI is InChI=1S/C12H19N5O2/c18-12(19)8-2-1-3-9(6-8)13-7-11-14-15-16-17(11)10-4-5-10/h8-10,13H,1-7H2,(H,18,19). The van der Waals surface area contributed by atoms with E-state index < -0.39 is 5.97 Å². The molecule has 0 aromatic carbocycles. The molecule has 2 N–H and O–H groups in total. The summed E-state index contributed by atoms with van der Waals surface area (Å²) in [6, 6.07) is 0.740. The maximum absolute atomic E-state index is 11.0. The molecule has 1 heterocycles. The Labute approximate surface area is 111 Å². The van der Waals surface area contributed by atoms with Crippen molar-refractivity contribution < 1.29 is 9.90 Å². The van der Waals surface area contributed by atoms with Crippen LogP contribution in [0.3, 0.4) is 0 Å². The van der Waals surface area contributed by atoms with E-state index in [9.17, 15) is 4.79 Å². The van der Waals surface area contributed by atoms with Crippen molar-refractivity contribution in [3.8, 4) is 0 Å². The highest BCUT2D eigenvalue weighted by atomic mass is 16.4. The smallest absolute Gasteiger partial charge is 0.306 e. The molecule has 1 aromatic heterocycles. The minimum Gasteiger partial charge on any atom is -0.481 e. The van der Waals surface area contributed by atoms with E-state index in [1.54, 1.807) is 0 Å². The van der Waals surface area contributed by atoms with Gasteiger partial charge in [0.15, 0.2) is 5.82 Å². The number of nitrogens with one attached hydrogen (secondary N) is 1. The summed E-state index contributed by atoms with van der Waals surface area (Å²) < 4.78 is 1.89. The van der Waals surface area contributed by atoms with E-state index in [0.29, 0.717) is 19.0 Å². The number of hydrogen-bond acceptors (Lipinski definition) is 5. The Morgan fingerprint density at radius 2 is 2.21 bits per heavy atom. The van der Waals surface area contributed by atoms with Crippen molar-refractivity contribution >= 4 is 5.97 Å². The van der Waals surface area contributed by atoms with Crippen LogP contribution < -0.4 is 5.32 Å². The molecule has 2 fully saturated rings. The van der Waals surface area contributed by atoms with Crippen molar-refractivity contribution in [2.45, 2.75) is 57.2 Å². The van der Waals surface area contributed by atoms with E-state index in [4.69, 9.17) is 5.11 Å². The van der Waals surface area contributed by atoms with Gasteiger partial charge in [0.1, 0.15) is 0 Å². The second-order valence-electron chi connectivity index (χ2n) is 5.55. The van der Waals surface area contributed by atoms with Crippen LogP contribution in [-0.4, -0.2) is 37.3 Å². The number of hydrogen-bond donors (Lipinski definition) is 2. The zero-order valence-electron chi connectivity index (χ0n) is 10.8. The van der Waals surface area contributed by atoms with Gasteiger partial charge in [0.25, 0.3) is 0 Å². The van der Waals surface area contributed by atoms with Gasteiger partial charge in [-0.1, -0.05) is 6.42 Å². The molecule has 0 saturated heterocycles. The lowest BCUT2D eigenvalue weighted by Gasteiger charge is -2.27. The Balaban J connectivity index is 1.53. The number of rotatable bonds is 5. The monoisotopic (exact) mass is 265 g/mol. The summed E-state index contributed by atoms with van der Waals surface area (Å²) in [5, 5.41) is 24.2. The Bertz CT molecular complexity index is 457. The van der Waals surface area contributed by atoms with E-state index in [1.807, 2.05) is 4.68 Å². The maximum atomic E-state index is 11.0. The summed E-state index contributed by atoms with van der Waals surface area (Å²) in [5.41, 5.74) is 0. The topological polar surface area (TPSA) is 92.9 Å². The summed E-state index contributed by atoms with van der Waals surface area (Å²) in [4.78, 5) is 11.0. The fourth-order valence-electron chi connectivity index (χ4n) is 2.77. The average Bonchev–Trinajstić information content (AvgIpc) is 3.16. The Kier molecular flexibility index (Phi) is 3.46. The van der Waals surface area contributed by atoms with Crippen LogP contribution in [0, 0.1) is 5.92 Å². The summed E-state index contributed by atoms with van der Waals surface area (Å²) in [7, 11) is 0. The first-order valence-corrected chi connectivity index (χ1v) is 6.97. The van der Waals surface area contributed by atoms with Gasteiger partial charge in [-0.2, -0.15) is 0 Å². The van der Waals surface area contributed by atoms with Gasteiger partial charge in [0.2, 0.25) is 0 Å². The zero-order valence-corrected chi connectivity index (χ0v) is 10.8. The second kappa shape index (κ2) is 5.24. The molecular weight excluding hydrogens is 246 g/mol. The molecule has 3 rings (SSSR count). The number of carbonyl (C=O) groups is 1. The van der Waals surface area contributed by atoms with Crippen LogP contribution in [0.15, 0.2) is 0 Å². The highest BCUT2D eigenvalue weighted by molar-refractivity contribution is 5.70. The molecule has 2 unspecified atom stereocenters. The lowest BCUT2D eigenvalue weighted by atomic mass is 9.86. The highest BCUT2D eigenvalue weighted by Crippen LogP contribution is 2.34. The van der Waals surface area contributed by atoms with Gasteiger partial charge >= 0.3 is 5.97 Å². The molecule has 2 atom stereocenters. The number of carboxylic acid groups (broad SMARTS) is 1. The normalized spacial score (nSPS) is 27.4. The van der Waals surface area contributed by atoms with Gasteiger partial charge in [-0.3, -0.25) is 4.79 Å². The minimum atomic E-state index is -0.672. The molecule has 1 aromatic rings. The number of nitrogens with zero attached hydrogens (tertiary/aromatic N) is 4. The predicted octanol–water partition coefficient (Wildman–Crippen LogP) is 0.741. The van der Waals surface area contributed by atoms with Gasteiger partial charge in [-0.15, -0.1) is 5.10 Å². The quantitative estimate of drug-likeness (QED) is 0.815. The van der Waals surface area contributed by atoms with Crippen molar-refractivity contribution in [1.29, 1.82) is 0 Å². The summed E-state index contributed by atoms with van der Waals surface area (Å²) in [6.45, 7) is 0.626. The van der Waals surface area contributed by atoms with Crippen LogP contribution >= 0.6 is 0 Å². The molecule has 0 aliphatic heterocycles. The first-order chi connectivity index (χ1) is 9.24. The van der Waals surface area contributed by atoms with Crippen molar-refractivity contribution in [2.24, 2.45) is 5.92 Å². The van der Waals surface area contributed by atoms with Crippen LogP contribution in [0.2, 0.25) is 0 Å². The Morgan fingerprint density at radius 1 is 1.37 bits per heavy atom. The van der Waals surface area contributed by atoms with E-state index in [2.05, 4.69) is 20.8 Å². The highest BCUT2D eigenvalue weighted by Gasteiger charge is 2.29. The third-order valence-electron chi connectivity index (χ3n) is 4.03. The molecule has 0 bridgehead atoms. The lowest BCUT2D eigenvalue weighted by molar-refractivity contribution is -0.143. The zero-order chi connectivity index (χ0) is 13.2. The molecule has 104 valence electrons. The summed E-state index contributed by atoms with van der Waals surface area (Å²) in [5.74, 6) is -0.0139. The first kappa shape index (κ1) is 12.5. The Hall–Kier alpha value is -1.50. The number of aromatic nitrogens is 4. The number of tetrazole rings is 1. The van der Waals surface area contributed by atoms with Crippen molar-refractivity contribution in [2.75, 3.05) is 0 Å².